The lowest BCUT2D eigenvalue weighted by Crippen LogP contribution is -2.36. The zero-order chi connectivity index (χ0) is 16.4. The van der Waals surface area contributed by atoms with Crippen LogP contribution in [0.3, 0.4) is 0 Å². The van der Waals surface area contributed by atoms with Gasteiger partial charge >= 0.3 is 0 Å². The van der Waals surface area contributed by atoms with Crippen molar-refractivity contribution in [1.29, 1.82) is 0 Å². The van der Waals surface area contributed by atoms with Gasteiger partial charge in [0.05, 0.1) is 0 Å². The molecule has 1 saturated heterocycles. The fourth-order valence-corrected chi connectivity index (χ4v) is 3.63. The van der Waals surface area contributed by atoms with Crippen LogP contribution in [0.2, 0.25) is 0 Å². The van der Waals surface area contributed by atoms with E-state index in [0.717, 1.165) is 37.7 Å². The Morgan fingerprint density at radius 1 is 1.12 bits per heavy atom. The first-order valence-corrected chi connectivity index (χ1v) is 9.13. The first-order valence-electron chi connectivity index (χ1n) is 9.13. The van der Waals surface area contributed by atoms with Crippen molar-refractivity contribution in [2.24, 2.45) is 5.92 Å². The smallest absolute Gasteiger partial charge is 0.129 e. The number of rotatable bonds is 6. The Kier molecular flexibility index (Phi) is 4.48. The second kappa shape index (κ2) is 6.89. The molecule has 0 bridgehead atoms. The molecular weight excluding hydrogens is 296 g/mol. The van der Waals surface area contributed by atoms with E-state index in [-0.39, 0.29) is 0 Å². The molecule has 4 rings (SSSR count). The minimum absolute atomic E-state index is 0.456. The summed E-state index contributed by atoms with van der Waals surface area (Å²) in [5, 5.41) is 3.65. The second-order valence-corrected chi connectivity index (χ2v) is 7.28. The predicted molar refractivity (Wildman–Crippen MR) is 96.8 cm³/mol. The van der Waals surface area contributed by atoms with Crippen molar-refractivity contribution in [3.05, 3.63) is 54.0 Å². The Balaban J connectivity index is 1.37. The minimum Gasteiger partial charge on any atom is -0.366 e. The monoisotopic (exact) mass is 322 g/mol. The molecule has 126 valence electrons. The molecule has 1 aromatic heterocycles. The fraction of sp³-hybridized carbons (Fsp3) is 0.500. The van der Waals surface area contributed by atoms with Crippen LogP contribution in [-0.4, -0.2) is 33.5 Å². The molecule has 2 fully saturated rings. The van der Waals surface area contributed by atoms with Crippen molar-refractivity contribution < 1.29 is 0 Å². The number of nitrogens with one attached hydrogen (secondary N) is 1. The van der Waals surface area contributed by atoms with E-state index in [0.29, 0.717) is 12.1 Å². The van der Waals surface area contributed by atoms with Crippen molar-refractivity contribution >= 4 is 5.82 Å². The van der Waals surface area contributed by atoms with E-state index in [1.807, 2.05) is 0 Å². The minimum atomic E-state index is 0.456. The molecule has 1 N–H and O–H groups in total. The average molecular weight is 322 g/mol. The van der Waals surface area contributed by atoms with E-state index in [4.69, 9.17) is 0 Å². The standard InChI is InChI=1S/C20H26N4/c1-15-19(9-10-24(15)13-17-5-3-2-4-6-17)23-20-12-18(21-14-22-20)11-16-7-8-16/h2-6,12,14-16,19H,7-11,13H2,1H3,(H,21,22,23). The highest BCUT2D eigenvalue weighted by Gasteiger charge is 2.30. The van der Waals surface area contributed by atoms with Crippen LogP contribution < -0.4 is 5.32 Å². The lowest BCUT2D eigenvalue weighted by Gasteiger charge is -2.25. The van der Waals surface area contributed by atoms with Gasteiger partial charge in [0.15, 0.2) is 0 Å². The zero-order valence-corrected chi connectivity index (χ0v) is 14.4. The lowest BCUT2D eigenvalue weighted by molar-refractivity contribution is 0.255. The Labute approximate surface area is 144 Å². The molecule has 1 aliphatic heterocycles. The number of nitrogens with zero attached hydrogens (tertiary/aromatic N) is 3. The molecule has 2 unspecified atom stereocenters. The van der Waals surface area contributed by atoms with Crippen LogP contribution >= 0.6 is 0 Å². The Bertz CT molecular complexity index is 668. The molecule has 2 aliphatic rings. The van der Waals surface area contributed by atoms with Crippen molar-refractivity contribution in [3.8, 4) is 0 Å². The number of likely N-dealkylation sites (tertiary alicyclic amines) is 1. The van der Waals surface area contributed by atoms with E-state index in [9.17, 15) is 0 Å². The molecule has 2 aromatic rings. The number of benzene rings is 1. The zero-order valence-electron chi connectivity index (χ0n) is 14.4. The summed E-state index contributed by atoms with van der Waals surface area (Å²) in [6.07, 6.45) is 6.71. The van der Waals surface area contributed by atoms with Crippen molar-refractivity contribution in [2.45, 2.75) is 51.2 Å². The molecule has 2 atom stereocenters. The lowest BCUT2D eigenvalue weighted by atomic mass is 10.1. The SMILES string of the molecule is CC1C(Nc2cc(CC3CC3)ncn2)CCN1Cc1ccccc1. The predicted octanol–water partition coefficient (Wildman–Crippen LogP) is 3.50. The summed E-state index contributed by atoms with van der Waals surface area (Å²) in [4.78, 5) is 11.4. The molecule has 2 heterocycles. The van der Waals surface area contributed by atoms with Crippen LogP contribution in [0.15, 0.2) is 42.7 Å². The molecule has 1 aliphatic carbocycles. The first kappa shape index (κ1) is 15.6. The van der Waals surface area contributed by atoms with Gasteiger partial charge in [-0.05, 0) is 44.1 Å². The highest BCUT2D eigenvalue weighted by Crippen LogP contribution is 2.32. The Morgan fingerprint density at radius 2 is 1.96 bits per heavy atom. The normalized spacial score (nSPS) is 24.2. The van der Waals surface area contributed by atoms with Crippen LogP contribution in [0.1, 0.15) is 37.4 Å². The molecule has 4 heteroatoms. The highest BCUT2D eigenvalue weighted by molar-refractivity contribution is 5.37. The van der Waals surface area contributed by atoms with Crippen molar-refractivity contribution in [1.82, 2.24) is 14.9 Å². The van der Waals surface area contributed by atoms with Crippen LogP contribution in [0.4, 0.5) is 5.82 Å². The van der Waals surface area contributed by atoms with Gasteiger partial charge in [-0.25, -0.2) is 9.97 Å². The van der Waals surface area contributed by atoms with Gasteiger partial charge in [0.25, 0.3) is 0 Å². The maximum absolute atomic E-state index is 4.43. The third kappa shape index (κ3) is 3.75. The summed E-state index contributed by atoms with van der Waals surface area (Å²) < 4.78 is 0. The molecule has 0 radical (unpaired) electrons. The van der Waals surface area contributed by atoms with Gasteiger partial charge in [-0.2, -0.15) is 0 Å². The largest absolute Gasteiger partial charge is 0.366 e. The third-order valence-corrected chi connectivity index (χ3v) is 5.37. The molecule has 0 amide bonds. The van der Waals surface area contributed by atoms with Crippen LogP contribution in [0.25, 0.3) is 0 Å². The van der Waals surface area contributed by atoms with E-state index >= 15 is 0 Å². The number of hydrogen-bond donors (Lipinski definition) is 1. The summed E-state index contributed by atoms with van der Waals surface area (Å²) in [5.41, 5.74) is 2.57. The van der Waals surface area contributed by atoms with Crippen molar-refractivity contribution in [2.75, 3.05) is 11.9 Å². The van der Waals surface area contributed by atoms with E-state index < -0.39 is 0 Å². The van der Waals surface area contributed by atoms with Gasteiger partial charge in [0.2, 0.25) is 0 Å². The third-order valence-electron chi connectivity index (χ3n) is 5.37. The van der Waals surface area contributed by atoms with Gasteiger partial charge < -0.3 is 5.32 Å². The maximum Gasteiger partial charge on any atom is 0.129 e. The fourth-order valence-electron chi connectivity index (χ4n) is 3.63. The summed E-state index contributed by atoms with van der Waals surface area (Å²) in [6, 6.07) is 13.8. The Morgan fingerprint density at radius 3 is 2.75 bits per heavy atom. The van der Waals surface area contributed by atoms with Gasteiger partial charge in [0.1, 0.15) is 12.1 Å². The van der Waals surface area contributed by atoms with Crippen LogP contribution in [-0.2, 0) is 13.0 Å². The highest BCUT2D eigenvalue weighted by atomic mass is 15.2. The van der Waals surface area contributed by atoms with Crippen molar-refractivity contribution in [3.63, 3.8) is 0 Å². The molecular formula is C20H26N4. The first-order chi connectivity index (χ1) is 11.8. The van der Waals surface area contributed by atoms with Crippen LogP contribution in [0, 0.1) is 5.92 Å². The van der Waals surface area contributed by atoms with Crippen LogP contribution in [0.5, 0.6) is 0 Å². The number of anilines is 1. The summed E-state index contributed by atoms with van der Waals surface area (Å²) in [7, 11) is 0. The van der Waals surface area contributed by atoms with E-state index in [1.54, 1.807) is 6.33 Å². The maximum atomic E-state index is 4.43. The quantitative estimate of drug-likeness (QED) is 0.884. The molecule has 1 aromatic carbocycles. The molecule has 24 heavy (non-hydrogen) atoms. The molecule has 1 saturated carbocycles. The van der Waals surface area contributed by atoms with Gasteiger partial charge in [-0.15, -0.1) is 0 Å². The summed E-state index contributed by atoms with van der Waals surface area (Å²) in [6.45, 7) is 4.48. The number of aromatic nitrogens is 2. The molecule has 0 spiro atoms. The van der Waals surface area contributed by atoms with Gasteiger partial charge in [-0.3, -0.25) is 4.90 Å². The number of hydrogen-bond acceptors (Lipinski definition) is 4. The summed E-state index contributed by atoms with van der Waals surface area (Å²) in [5.74, 6) is 1.85. The van der Waals surface area contributed by atoms with E-state index in [1.165, 1.54) is 24.1 Å². The second-order valence-electron chi connectivity index (χ2n) is 7.28. The molecule has 4 nitrogen and oxygen atoms in total. The Hall–Kier alpha value is -1.94. The summed E-state index contributed by atoms with van der Waals surface area (Å²) >= 11 is 0. The van der Waals surface area contributed by atoms with Gasteiger partial charge in [0, 0.05) is 36.9 Å². The average Bonchev–Trinajstić information content (AvgIpc) is 3.36. The topological polar surface area (TPSA) is 41.1 Å². The van der Waals surface area contributed by atoms with Gasteiger partial charge in [-0.1, -0.05) is 30.3 Å². The van der Waals surface area contributed by atoms with E-state index in [2.05, 4.69) is 63.5 Å².